The van der Waals surface area contributed by atoms with E-state index in [0.29, 0.717) is 0 Å². The van der Waals surface area contributed by atoms with E-state index in [2.05, 4.69) is 25.1 Å². The van der Waals surface area contributed by atoms with Crippen molar-refractivity contribution in [1.29, 1.82) is 0 Å². The van der Waals surface area contributed by atoms with E-state index >= 15 is 0 Å². The van der Waals surface area contributed by atoms with E-state index < -0.39 is 0 Å². The van der Waals surface area contributed by atoms with Crippen LogP contribution in [0.1, 0.15) is 6.42 Å². The number of fused-ring (bicyclic) bond motifs is 3. The molecule has 3 nitrogen and oxygen atoms in total. The molecule has 3 aromatic rings. The predicted octanol–water partition coefficient (Wildman–Crippen LogP) is 3.11. The number of rotatable bonds is 4. The fourth-order valence-corrected chi connectivity index (χ4v) is 2.86. The summed E-state index contributed by atoms with van der Waals surface area (Å²) in [6, 6.07) is 16.0. The number of hydrogen-bond acceptors (Lipinski definition) is 2. The van der Waals surface area contributed by atoms with Crippen LogP contribution in [-0.4, -0.2) is 30.1 Å². The molecular weight excluding hydrogens is 260 g/mol. The molecule has 0 aliphatic carbocycles. The van der Waals surface area contributed by atoms with Gasteiger partial charge in [-0.25, -0.2) is 0 Å². The average Bonchev–Trinajstić information content (AvgIpc) is 2.50. The Balaban J connectivity index is 2.21. The van der Waals surface area contributed by atoms with E-state index in [4.69, 9.17) is 0 Å². The van der Waals surface area contributed by atoms with Gasteiger partial charge in [0.1, 0.15) is 0 Å². The van der Waals surface area contributed by atoms with Crippen LogP contribution in [0, 0.1) is 0 Å². The summed E-state index contributed by atoms with van der Waals surface area (Å²) in [7, 11) is 4.11. The molecule has 1 heterocycles. The quantitative estimate of drug-likeness (QED) is 0.686. The van der Waals surface area contributed by atoms with Gasteiger partial charge in [0.25, 0.3) is 5.56 Å². The Labute approximate surface area is 124 Å². The Hall–Kier alpha value is -2.13. The maximum Gasteiger partial charge on any atom is 0.258 e. The van der Waals surface area contributed by atoms with Crippen molar-refractivity contribution >= 4 is 21.7 Å². The minimum Gasteiger partial charge on any atom is -0.309 e. The Bertz CT molecular complexity index is 833. The number of aromatic nitrogens is 1. The Kier molecular flexibility index (Phi) is 3.76. The molecule has 0 N–H and O–H groups in total. The molecule has 0 unspecified atom stereocenters. The second-order valence-electron chi connectivity index (χ2n) is 5.68. The lowest BCUT2D eigenvalue weighted by atomic mass is 10.1. The summed E-state index contributed by atoms with van der Waals surface area (Å²) in [6.07, 6.45) is 0.968. The van der Waals surface area contributed by atoms with Gasteiger partial charge in [-0.2, -0.15) is 0 Å². The lowest BCUT2D eigenvalue weighted by Crippen LogP contribution is -2.23. The minimum atomic E-state index is 0.114. The second-order valence-corrected chi connectivity index (χ2v) is 5.68. The average molecular weight is 280 g/mol. The first kappa shape index (κ1) is 13.8. The molecule has 0 aliphatic heterocycles. The van der Waals surface area contributed by atoms with Crippen LogP contribution >= 0.6 is 0 Å². The van der Waals surface area contributed by atoms with E-state index in [-0.39, 0.29) is 5.56 Å². The van der Waals surface area contributed by atoms with E-state index in [1.54, 1.807) is 0 Å². The van der Waals surface area contributed by atoms with Crippen LogP contribution in [0.5, 0.6) is 0 Å². The van der Waals surface area contributed by atoms with E-state index in [1.807, 2.05) is 47.0 Å². The van der Waals surface area contributed by atoms with Gasteiger partial charge in [0, 0.05) is 17.3 Å². The Morgan fingerprint density at radius 2 is 1.52 bits per heavy atom. The molecule has 1 aromatic heterocycles. The van der Waals surface area contributed by atoms with Crippen LogP contribution in [0.3, 0.4) is 0 Å². The van der Waals surface area contributed by atoms with E-state index in [1.165, 1.54) is 0 Å². The van der Waals surface area contributed by atoms with Crippen molar-refractivity contribution in [3.8, 4) is 0 Å². The molecule has 3 heteroatoms. The van der Waals surface area contributed by atoms with Crippen molar-refractivity contribution in [2.24, 2.45) is 0 Å². The molecule has 0 radical (unpaired) electrons. The molecule has 0 bridgehead atoms. The monoisotopic (exact) mass is 280 g/mol. The van der Waals surface area contributed by atoms with E-state index in [9.17, 15) is 4.79 Å². The molecule has 0 saturated carbocycles. The van der Waals surface area contributed by atoms with Crippen LogP contribution in [0.25, 0.3) is 21.7 Å². The number of aryl methyl sites for hydroxylation is 1. The van der Waals surface area contributed by atoms with Gasteiger partial charge in [0.05, 0.1) is 5.52 Å². The van der Waals surface area contributed by atoms with Crippen LogP contribution in [0.2, 0.25) is 0 Å². The lowest BCUT2D eigenvalue weighted by molar-refractivity contribution is 0.387. The molecule has 0 aliphatic rings. The van der Waals surface area contributed by atoms with Gasteiger partial charge in [-0.15, -0.1) is 0 Å². The van der Waals surface area contributed by atoms with Crippen molar-refractivity contribution in [1.82, 2.24) is 9.47 Å². The smallest absolute Gasteiger partial charge is 0.258 e. The van der Waals surface area contributed by atoms with Crippen LogP contribution in [0.4, 0.5) is 0 Å². The zero-order valence-corrected chi connectivity index (χ0v) is 12.5. The van der Waals surface area contributed by atoms with Crippen LogP contribution < -0.4 is 5.56 Å². The van der Waals surface area contributed by atoms with Crippen molar-refractivity contribution in [3.05, 3.63) is 58.9 Å². The summed E-state index contributed by atoms with van der Waals surface area (Å²) in [5.41, 5.74) is 1.14. The van der Waals surface area contributed by atoms with Gasteiger partial charge in [0.15, 0.2) is 0 Å². The van der Waals surface area contributed by atoms with Crippen molar-refractivity contribution in [2.75, 3.05) is 20.6 Å². The summed E-state index contributed by atoms with van der Waals surface area (Å²) in [6.45, 7) is 1.73. The molecule has 3 rings (SSSR count). The minimum absolute atomic E-state index is 0.114. The molecule has 0 atom stereocenters. The van der Waals surface area contributed by atoms with Gasteiger partial charge in [-0.3, -0.25) is 4.79 Å². The number of hydrogen-bond donors (Lipinski definition) is 0. The third-order valence-electron chi connectivity index (χ3n) is 3.87. The predicted molar refractivity (Wildman–Crippen MR) is 88.9 cm³/mol. The number of benzene rings is 2. The summed E-state index contributed by atoms with van der Waals surface area (Å²) in [4.78, 5) is 14.9. The third kappa shape index (κ3) is 2.57. The molecule has 0 spiro atoms. The van der Waals surface area contributed by atoms with Gasteiger partial charge in [-0.1, -0.05) is 36.4 Å². The first-order valence-corrected chi connectivity index (χ1v) is 7.33. The fourth-order valence-electron chi connectivity index (χ4n) is 2.86. The summed E-state index contributed by atoms with van der Waals surface area (Å²) < 4.78 is 1.92. The highest BCUT2D eigenvalue weighted by molar-refractivity contribution is 6.05. The molecule has 108 valence electrons. The highest BCUT2D eigenvalue weighted by Crippen LogP contribution is 2.22. The molecular formula is C18H20N2O. The van der Waals surface area contributed by atoms with E-state index in [0.717, 1.165) is 41.2 Å². The molecule has 0 fully saturated rings. The zero-order valence-electron chi connectivity index (χ0n) is 12.5. The summed E-state index contributed by atoms with van der Waals surface area (Å²) >= 11 is 0. The fraction of sp³-hybridized carbons (Fsp3) is 0.278. The van der Waals surface area contributed by atoms with Crippen LogP contribution in [-0.2, 0) is 6.54 Å². The molecule has 0 amide bonds. The SMILES string of the molecule is CN(C)CCCn1c(=O)c2ccccc2c2ccccc21. The van der Waals surface area contributed by atoms with Crippen LogP contribution in [0.15, 0.2) is 53.3 Å². The second kappa shape index (κ2) is 5.70. The summed E-state index contributed by atoms with van der Waals surface area (Å²) in [5, 5.41) is 3.00. The first-order chi connectivity index (χ1) is 10.2. The number of pyridine rings is 1. The first-order valence-electron chi connectivity index (χ1n) is 7.33. The van der Waals surface area contributed by atoms with Gasteiger partial charge < -0.3 is 9.47 Å². The van der Waals surface area contributed by atoms with Crippen molar-refractivity contribution in [3.63, 3.8) is 0 Å². The molecule has 2 aromatic carbocycles. The summed E-state index contributed by atoms with van der Waals surface area (Å²) in [5.74, 6) is 0. The standard InChI is InChI=1S/C18H20N2O/c1-19(2)12-7-13-20-17-11-6-5-9-15(17)14-8-3-4-10-16(14)18(20)21/h3-6,8-11H,7,12-13H2,1-2H3. The Morgan fingerprint density at radius 3 is 2.24 bits per heavy atom. The number of para-hydroxylation sites is 1. The van der Waals surface area contributed by atoms with Gasteiger partial charge in [-0.05, 0) is 44.6 Å². The lowest BCUT2D eigenvalue weighted by Gasteiger charge is -2.14. The normalized spacial score (nSPS) is 11.6. The van der Waals surface area contributed by atoms with Crippen molar-refractivity contribution < 1.29 is 0 Å². The largest absolute Gasteiger partial charge is 0.309 e. The van der Waals surface area contributed by atoms with Crippen molar-refractivity contribution in [2.45, 2.75) is 13.0 Å². The zero-order chi connectivity index (χ0) is 14.8. The maximum absolute atomic E-state index is 12.8. The molecule has 21 heavy (non-hydrogen) atoms. The van der Waals surface area contributed by atoms with Gasteiger partial charge >= 0.3 is 0 Å². The highest BCUT2D eigenvalue weighted by Gasteiger charge is 2.09. The van der Waals surface area contributed by atoms with Gasteiger partial charge in [0.2, 0.25) is 0 Å². The highest BCUT2D eigenvalue weighted by atomic mass is 16.1. The molecule has 0 saturated heterocycles. The topological polar surface area (TPSA) is 25.2 Å². The third-order valence-corrected chi connectivity index (χ3v) is 3.87. The maximum atomic E-state index is 12.8. The Morgan fingerprint density at radius 1 is 0.905 bits per heavy atom. The number of nitrogens with zero attached hydrogens (tertiary/aromatic N) is 2.